The molecule has 3 aromatic heterocycles. The third-order valence-corrected chi connectivity index (χ3v) is 11.7. The van der Waals surface area contributed by atoms with Gasteiger partial charge in [-0.15, -0.1) is 11.3 Å². The Bertz CT molecular complexity index is 3120. The minimum Gasteiger partial charge on any atom is -0.307 e. The van der Waals surface area contributed by atoms with E-state index in [4.69, 9.17) is 0 Å². The Morgan fingerprint density at radius 2 is 0.824 bits per heavy atom. The summed E-state index contributed by atoms with van der Waals surface area (Å²) < 4.78 is 7.61. The fourth-order valence-corrected chi connectivity index (χ4v) is 9.29. The maximum Gasteiger partial charge on any atom is 0.0788 e. The van der Waals surface area contributed by atoms with Gasteiger partial charge in [-0.05, 0) is 76.9 Å². The molecule has 238 valence electrons. The Hall–Kier alpha value is -6.42. The molecule has 0 amide bonds. The van der Waals surface area contributed by atoms with E-state index in [1.807, 2.05) is 11.3 Å². The van der Waals surface area contributed by atoms with E-state index in [2.05, 4.69) is 191 Å². The van der Waals surface area contributed by atoms with Crippen molar-refractivity contribution in [2.75, 3.05) is 0 Å². The van der Waals surface area contributed by atoms with Gasteiger partial charge in [-0.3, -0.25) is 0 Å². The molecule has 0 saturated heterocycles. The van der Waals surface area contributed by atoms with Gasteiger partial charge in [0.25, 0.3) is 0 Å². The fraction of sp³-hybridized carbons (Fsp3) is 0. The summed E-state index contributed by atoms with van der Waals surface area (Å²) in [6, 6.07) is 66.7. The van der Waals surface area contributed by atoms with E-state index in [1.54, 1.807) is 0 Å². The van der Waals surface area contributed by atoms with Gasteiger partial charge >= 0.3 is 0 Å². The zero-order valence-electron chi connectivity index (χ0n) is 27.6. The van der Waals surface area contributed by atoms with Gasteiger partial charge in [-0.1, -0.05) is 127 Å². The molecule has 0 fully saturated rings. The van der Waals surface area contributed by atoms with Crippen molar-refractivity contribution in [1.29, 1.82) is 0 Å². The number of thiophene rings is 1. The minimum atomic E-state index is 1.15. The van der Waals surface area contributed by atoms with E-state index in [0.717, 1.165) is 11.4 Å². The van der Waals surface area contributed by atoms with Crippen LogP contribution in [-0.4, -0.2) is 9.13 Å². The smallest absolute Gasteiger partial charge is 0.0788 e. The average molecular weight is 667 g/mol. The summed E-state index contributed by atoms with van der Waals surface area (Å²) in [6.45, 7) is 0. The van der Waals surface area contributed by atoms with E-state index in [-0.39, 0.29) is 0 Å². The number of hydrogen-bond acceptors (Lipinski definition) is 1. The molecule has 0 saturated carbocycles. The number of benzene rings is 8. The summed E-state index contributed by atoms with van der Waals surface area (Å²) in [4.78, 5) is 0. The first-order valence-electron chi connectivity index (χ1n) is 17.4. The van der Waals surface area contributed by atoms with Crippen LogP contribution in [-0.2, 0) is 0 Å². The summed E-state index contributed by atoms with van der Waals surface area (Å²) in [6.07, 6.45) is 0. The molecule has 0 radical (unpaired) electrons. The number of rotatable bonds is 4. The predicted molar refractivity (Wildman–Crippen MR) is 219 cm³/mol. The topological polar surface area (TPSA) is 9.86 Å². The number of hydrogen-bond donors (Lipinski definition) is 0. The van der Waals surface area contributed by atoms with Crippen molar-refractivity contribution >= 4 is 75.1 Å². The summed E-state index contributed by atoms with van der Waals surface area (Å²) in [7, 11) is 0. The Labute approximate surface area is 298 Å². The molecule has 0 aliphatic heterocycles. The van der Waals surface area contributed by atoms with Gasteiger partial charge in [-0.2, -0.15) is 0 Å². The molecule has 11 rings (SSSR count). The Kier molecular flexibility index (Phi) is 6.16. The average Bonchev–Trinajstić information content (AvgIpc) is 3.86. The zero-order chi connectivity index (χ0) is 33.5. The molecule has 0 N–H and O–H groups in total. The van der Waals surface area contributed by atoms with Crippen LogP contribution in [0, 0.1) is 0 Å². The molecule has 0 spiro atoms. The first kappa shape index (κ1) is 28.4. The van der Waals surface area contributed by atoms with Crippen molar-refractivity contribution in [2.45, 2.75) is 0 Å². The minimum absolute atomic E-state index is 1.15. The van der Waals surface area contributed by atoms with E-state index in [0.29, 0.717) is 0 Å². The second-order valence-electron chi connectivity index (χ2n) is 13.3. The number of aromatic nitrogens is 2. The van der Waals surface area contributed by atoms with Gasteiger partial charge in [-0.25, -0.2) is 0 Å². The van der Waals surface area contributed by atoms with Crippen LogP contribution in [0.15, 0.2) is 182 Å². The first-order chi connectivity index (χ1) is 25.3. The number of fused-ring (bicyclic) bond motifs is 10. The normalized spacial score (nSPS) is 11.9. The second-order valence-corrected chi connectivity index (χ2v) is 14.4. The van der Waals surface area contributed by atoms with E-state index < -0.39 is 0 Å². The molecular weight excluding hydrogens is 637 g/mol. The molecule has 3 heterocycles. The first-order valence-corrected chi connectivity index (χ1v) is 18.3. The monoisotopic (exact) mass is 666 g/mol. The molecule has 0 aliphatic carbocycles. The van der Waals surface area contributed by atoms with Crippen LogP contribution in [0.3, 0.4) is 0 Å². The lowest BCUT2D eigenvalue weighted by Gasteiger charge is -2.14. The molecule has 0 bridgehead atoms. The highest BCUT2D eigenvalue weighted by Gasteiger charge is 2.21. The third-order valence-electron chi connectivity index (χ3n) is 10.5. The van der Waals surface area contributed by atoms with Crippen LogP contribution < -0.4 is 0 Å². The van der Waals surface area contributed by atoms with Crippen molar-refractivity contribution in [2.24, 2.45) is 0 Å². The highest BCUT2D eigenvalue weighted by atomic mass is 32.1. The second kappa shape index (κ2) is 11.0. The van der Waals surface area contributed by atoms with Gasteiger partial charge in [0.1, 0.15) is 0 Å². The number of para-hydroxylation sites is 2. The third kappa shape index (κ3) is 4.29. The van der Waals surface area contributed by atoms with Crippen LogP contribution >= 0.6 is 11.3 Å². The van der Waals surface area contributed by atoms with Crippen LogP contribution in [0.5, 0.6) is 0 Å². The standard InChI is InChI=1S/C48H30N2S/c1-2-11-31(12-3-1)32-21-24-35(25-22-32)49-43-18-7-4-15-37(43)40-26-27-41-38-16-5-8-19-44(38)50(48(41)47(40)49)36-14-10-13-33(29-36)34-23-28-46-42(30-34)39-17-6-9-20-45(39)51-46/h1-30H. The molecule has 2 nitrogen and oxygen atoms in total. The van der Waals surface area contributed by atoms with Gasteiger partial charge in [0.2, 0.25) is 0 Å². The maximum absolute atomic E-state index is 2.49. The largest absolute Gasteiger partial charge is 0.307 e. The Balaban J connectivity index is 1.18. The quantitative estimate of drug-likeness (QED) is 0.177. The highest BCUT2D eigenvalue weighted by molar-refractivity contribution is 7.25. The lowest BCUT2D eigenvalue weighted by Crippen LogP contribution is -1.99. The summed E-state index contributed by atoms with van der Waals surface area (Å²) in [5.74, 6) is 0. The van der Waals surface area contributed by atoms with E-state index in [9.17, 15) is 0 Å². The van der Waals surface area contributed by atoms with Crippen molar-refractivity contribution < 1.29 is 0 Å². The van der Waals surface area contributed by atoms with Crippen molar-refractivity contribution in [1.82, 2.24) is 9.13 Å². The molecule has 3 heteroatoms. The van der Waals surface area contributed by atoms with Crippen molar-refractivity contribution in [3.8, 4) is 33.6 Å². The van der Waals surface area contributed by atoms with Gasteiger partial charge in [0.15, 0.2) is 0 Å². The van der Waals surface area contributed by atoms with E-state index >= 15 is 0 Å². The molecule has 0 atom stereocenters. The maximum atomic E-state index is 2.49. The SMILES string of the molecule is c1ccc(-c2ccc(-n3c4ccccc4c4ccc5c6ccccc6n(-c6cccc(-c7ccc8sc9ccccc9c8c7)c6)c5c43)cc2)cc1. The lowest BCUT2D eigenvalue weighted by molar-refractivity contribution is 1.15. The number of nitrogens with zero attached hydrogens (tertiary/aromatic N) is 2. The molecule has 11 aromatic rings. The van der Waals surface area contributed by atoms with Crippen LogP contribution in [0.4, 0.5) is 0 Å². The van der Waals surface area contributed by atoms with Crippen LogP contribution in [0.1, 0.15) is 0 Å². The van der Waals surface area contributed by atoms with Gasteiger partial charge in [0, 0.05) is 53.1 Å². The highest BCUT2D eigenvalue weighted by Crippen LogP contribution is 2.43. The molecule has 51 heavy (non-hydrogen) atoms. The predicted octanol–water partition coefficient (Wildman–Crippen LogP) is 13.6. The van der Waals surface area contributed by atoms with E-state index in [1.165, 1.54) is 86.0 Å². The fourth-order valence-electron chi connectivity index (χ4n) is 8.20. The van der Waals surface area contributed by atoms with Crippen molar-refractivity contribution in [3.63, 3.8) is 0 Å². The molecular formula is C48H30N2S. The van der Waals surface area contributed by atoms with Crippen LogP contribution in [0.2, 0.25) is 0 Å². The Morgan fingerprint density at radius 1 is 0.294 bits per heavy atom. The molecule has 0 unspecified atom stereocenters. The zero-order valence-corrected chi connectivity index (χ0v) is 28.4. The Morgan fingerprint density at radius 3 is 1.55 bits per heavy atom. The van der Waals surface area contributed by atoms with Crippen molar-refractivity contribution in [3.05, 3.63) is 182 Å². The molecule has 8 aromatic carbocycles. The summed E-state index contributed by atoms with van der Waals surface area (Å²) >= 11 is 1.86. The van der Waals surface area contributed by atoms with Crippen LogP contribution in [0.25, 0.3) is 97.4 Å². The summed E-state index contributed by atoms with van der Waals surface area (Å²) in [5.41, 5.74) is 12.0. The van der Waals surface area contributed by atoms with Gasteiger partial charge < -0.3 is 9.13 Å². The van der Waals surface area contributed by atoms with Gasteiger partial charge in [0.05, 0.1) is 22.1 Å². The molecule has 0 aliphatic rings. The summed E-state index contributed by atoms with van der Waals surface area (Å²) in [5, 5.41) is 7.65. The lowest BCUT2D eigenvalue weighted by atomic mass is 10.0.